The van der Waals surface area contributed by atoms with Gasteiger partial charge in [-0.15, -0.1) is 0 Å². The van der Waals surface area contributed by atoms with Gasteiger partial charge in [-0.05, 0) is 30.3 Å². The molecule has 0 fully saturated rings. The molecule has 0 atom stereocenters. The van der Waals surface area contributed by atoms with Gasteiger partial charge in [0.15, 0.2) is 0 Å². The van der Waals surface area contributed by atoms with E-state index < -0.39 is 5.97 Å². The average Bonchev–Trinajstić information content (AvgIpc) is 3.03. The molecule has 2 aromatic heterocycles. The number of hydrogen-bond acceptors (Lipinski definition) is 5. The number of carbonyl (C=O) groups excluding carboxylic acids is 2. The van der Waals surface area contributed by atoms with Gasteiger partial charge in [0.1, 0.15) is 12.4 Å². The van der Waals surface area contributed by atoms with E-state index in [1.54, 1.807) is 30.5 Å². The van der Waals surface area contributed by atoms with Crippen molar-refractivity contribution in [3.8, 4) is 0 Å². The van der Waals surface area contributed by atoms with Crippen molar-refractivity contribution >= 4 is 18.0 Å². The Bertz CT molecular complexity index is 606. The molecule has 6 nitrogen and oxygen atoms in total. The van der Waals surface area contributed by atoms with Crippen LogP contribution in [0.15, 0.2) is 53.4 Å². The molecule has 1 amide bonds. The van der Waals surface area contributed by atoms with Crippen LogP contribution in [0.5, 0.6) is 0 Å². The molecule has 0 radical (unpaired) electrons. The van der Waals surface area contributed by atoms with Gasteiger partial charge in [0.2, 0.25) is 0 Å². The Labute approximate surface area is 121 Å². The summed E-state index contributed by atoms with van der Waals surface area (Å²) in [6.45, 7) is 0.321. The first kappa shape index (κ1) is 14.5. The smallest absolute Gasteiger partial charge is 0.330 e. The lowest BCUT2D eigenvalue weighted by Crippen LogP contribution is -2.27. The van der Waals surface area contributed by atoms with Crippen LogP contribution in [0.2, 0.25) is 0 Å². The molecule has 0 spiro atoms. The third-order valence-corrected chi connectivity index (χ3v) is 2.48. The molecule has 0 unspecified atom stereocenters. The predicted octanol–water partition coefficient (Wildman–Crippen LogP) is 1.66. The number of amides is 1. The first-order valence-corrected chi connectivity index (χ1v) is 6.32. The van der Waals surface area contributed by atoms with Gasteiger partial charge in [-0.1, -0.05) is 0 Å². The molecule has 2 rings (SSSR count). The topological polar surface area (TPSA) is 81.4 Å². The number of rotatable bonds is 6. The number of furan rings is 1. The van der Waals surface area contributed by atoms with Crippen LogP contribution in [-0.2, 0) is 9.53 Å². The van der Waals surface area contributed by atoms with Gasteiger partial charge in [-0.25, -0.2) is 4.79 Å². The van der Waals surface area contributed by atoms with Crippen molar-refractivity contribution in [1.29, 1.82) is 0 Å². The number of carbonyl (C=O) groups is 2. The fraction of sp³-hybridized carbons (Fsp3) is 0.133. The Morgan fingerprint density at radius 2 is 2.24 bits per heavy atom. The van der Waals surface area contributed by atoms with Gasteiger partial charge in [0.25, 0.3) is 5.91 Å². The molecule has 0 aliphatic carbocycles. The highest BCUT2D eigenvalue weighted by Gasteiger charge is 2.04. The van der Waals surface area contributed by atoms with Crippen molar-refractivity contribution in [2.45, 2.75) is 0 Å². The summed E-state index contributed by atoms with van der Waals surface area (Å²) in [7, 11) is 0. The number of nitrogens with zero attached hydrogens (tertiary/aromatic N) is 1. The maximum atomic E-state index is 11.7. The molecule has 21 heavy (non-hydrogen) atoms. The Morgan fingerprint density at radius 1 is 1.33 bits per heavy atom. The summed E-state index contributed by atoms with van der Waals surface area (Å²) in [5.74, 6) is -0.191. The van der Waals surface area contributed by atoms with Gasteiger partial charge in [0, 0.05) is 18.5 Å². The second kappa shape index (κ2) is 7.64. The molecular formula is C15H14N2O4. The average molecular weight is 286 g/mol. The van der Waals surface area contributed by atoms with Crippen molar-refractivity contribution < 1.29 is 18.7 Å². The summed E-state index contributed by atoms with van der Waals surface area (Å²) in [6, 6.07) is 6.77. The zero-order valence-corrected chi connectivity index (χ0v) is 11.2. The lowest BCUT2D eigenvalue weighted by Gasteiger charge is -2.04. The van der Waals surface area contributed by atoms with E-state index in [1.165, 1.54) is 24.6 Å². The van der Waals surface area contributed by atoms with Crippen LogP contribution in [0, 0.1) is 0 Å². The SMILES string of the molecule is O=C(C=Cc1ccco1)OCCNC(=O)c1cccnc1. The number of nitrogens with one attached hydrogen (secondary N) is 1. The number of pyridine rings is 1. The highest BCUT2D eigenvalue weighted by molar-refractivity contribution is 5.93. The third kappa shape index (κ3) is 4.94. The monoisotopic (exact) mass is 286 g/mol. The van der Waals surface area contributed by atoms with Crippen LogP contribution in [0.25, 0.3) is 6.08 Å². The van der Waals surface area contributed by atoms with Crippen LogP contribution in [-0.4, -0.2) is 30.0 Å². The van der Waals surface area contributed by atoms with Crippen LogP contribution >= 0.6 is 0 Å². The van der Waals surface area contributed by atoms with Crippen LogP contribution in [0.3, 0.4) is 0 Å². The van der Waals surface area contributed by atoms with Crippen molar-refractivity contribution in [3.05, 3.63) is 60.3 Å². The minimum absolute atomic E-state index is 0.0906. The quantitative estimate of drug-likeness (QED) is 0.496. The first-order chi connectivity index (χ1) is 10.3. The van der Waals surface area contributed by atoms with Gasteiger partial charge in [-0.2, -0.15) is 0 Å². The van der Waals surface area contributed by atoms with Gasteiger partial charge in [-0.3, -0.25) is 9.78 Å². The maximum absolute atomic E-state index is 11.7. The van der Waals surface area contributed by atoms with Gasteiger partial charge in [0.05, 0.1) is 18.4 Å². The summed E-state index contributed by atoms with van der Waals surface area (Å²) in [6.07, 6.45) is 7.34. The predicted molar refractivity (Wildman–Crippen MR) is 75.3 cm³/mol. The minimum atomic E-state index is -0.498. The molecule has 1 N–H and O–H groups in total. The molecule has 0 aliphatic heterocycles. The minimum Gasteiger partial charge on any atom is -0.465 e. The maximum Gasteiger partial charge on any atom is 0.330 e. The van der Waals surface area contributed by atoms with E-state index >= 15 is 0 Å². The summed E-state index contributed by atoms with van der Waals surface area (Å²) in [5.41, 5.74) is 0.460. The van der Waals surface area contributed by atoms with Crippen molar-refractivity contribution in [1.82, 2.24) is 10.3 Å². The molecule has 2 aromatic rings. The van der Waals surface area contributed by atoms with E-state index in [0.29, 0.717) is 11.3 Å². The zero-order valence-electron chi connectivity index (χ0n) is 11.2. The molecule has 0 aliphatic rings. The first-order valence-electron chi connectivity index (χ1n) is 6.32. The molecule has 2 heterocycles. The number of esters is 1. The Morgan fingerprint density at radius 3 is 2.95 bits per heavy atom. The molecule has 6 heteroatoms. The standard InChI is InChI=1S/C15H14N2O4/c18-14(6-5-13-4-2-9-20-13)21-10-8-17-15(19)12-3-1-7-16-11-12/h1-7,9,11H,8,10H2,(H,17,19). The van der Waals surface area contributed by atoms with Crippen LogP contribution in [0.4, 0.5) is 0 Å². The number of hydrogen-bond donors (Lipinski definition) is 1. The summed E-state index contributed by atoms with van der Waals surface area (Å²) in [5, 5.41) is 2.63. The fourth-order valence-corrected chi connectivity index (χ4v) is 1.50. The van der Waals surface area contributed by atoms with E-state index in [4.69, 9.17) is 9.15 Å². The lowest BCUT2D eigenvalue weighted by molar-refractivity contribution is -0.137. The molecule has 0 saturated heterocycles. The Balaban J connectivity index is 1.65. The molecule has 108 valence electrons. The second-order valence-electron chi connectivity index (χ2n) is 4.01. The Hall–Kier alpha value is -2.89. The highest BCUT2D eigenvalue weighted by Crippen LogP contribution is 2.02. The van der Waals surface area contributed by atoms with E-state index in [2.05, 4.69) is 10.3 Å². The van der Waals surface area contributed by atoms with E-state index in [0.717, 1.165) is 0 Å². The van der Waals surface area contributed by atoms with Crippen LogP contribution < -0.4 is 5.32 Å². The fourth-order valence-electron chi connectivity index (χ4n) is 1.50. The van der Waals surface area contributed by atoms with E-state index in [9.17, 15) is 9.59 Å². The molecule has 0 aromatic carbocycles. The summed E-state index contributed by atoms with van der Waals surface area (Å²) >= 11 is 0. The van der Waals surface area contributed by atoms with Gasteiger partial charge >= 0.3 is 5.97 Å². The van der Waals surface area contributed by atoms with E-state index in [-0.39, 0.29) is 19.1 Å². The van der Waals surface area contributed by atoms with Crippen molar-refractivity contribution in [2.24, 2.45) is 0 Å². The van der Waals surface area contributed by atoms with Crippen molar-refractivity contribution in [2.75, 3.05) is 13.2 Å². The summed E-state index contributed by atoms with van der Waals surface area (Å²) < 4.78 is 9.96. The normalized spacial score (nSPS) is 10.5. The largest absolute Gasteiger partial charge is 0.465 e. The molecule has 0 saturated carbocycles. The summed E-state index contributed by atoms with van der Waals surface area (Å²) in [4.78, 5) is 26.9. The molecule has 0 bridgehead atoms. The number of aromatic nitrogens is 1. The lowest BCUT2D eigenvalue weighted by atomic mass is 10.3. The Kier molecular flexibility index (Phi) is 5.28. The number of ether oxygens (including phenoxy) is 1. The zero-order chi connectivity index (χ0) is 14.9. The van der Waals surface area contributed by atoms with Gasteiger partial charge < -0.3 is 14.5 Å². The van der Waals surface area contributed by atoms with E-state index in [1.807, 2.05) is 0 Å². The molecular weight excluding hydrogens is 272 g/mol. The van der Waals surface area contributed by atoms with Crippen LogP contribution in [0.1, 0.15) is 16.1 Å². The third-order valence-electron chi connectivity index (χ3n) is 2.48. The second-order valence-corrected chi connectivity index (χ2v) is 4.01. The van der Waals surface area contributed by atoms with Crippen molar-refractivity contribution in [3.63, 3.8) is 0 Å². The highest BCUT2D eigenvalue weighted by atomic mass is 16.5.